The van der Waals surface area contributed by atoms with Crippen molar-refractivity contribution in [3.8, 4) is 23.0 Å². The van der Waals surface area contributed by atoms with Crippen molar-refractivity contribution in [3.05, 3.63) is 48.0 Å². The van der Waals surface area contributed by atoms with Gasteiger partial charge in [0.15, 0.2) is 23.0 Å². The summed E-state index contributed by atoms with van der Waals surface area (Å²) in [6.45, 7) is 0.808. The predicted octanol–water partition coefficient (Wildman–Crippen LogP) is 4.18. The topological polar surface area (TPSA) is 57.2 Å². The molecule has 3 rings (SSSR count). The van der Waals surface area contributed by atoms with Gasteiger partial charge in [0.05, 0.1) is 26.9 Å². The van der Waals surface area contributed by atoms with E-state index in [0.717, 1.165) is 12.8 Å². The maximum atomic E-state index is 12.8. The molecule has 1 fully saturated rings. The molecule has 0 spiro atoms. The van der Waals surface area contributed by atoms with Gasteiger partial charge in [0, 0.05) is 12.6 Å². The predicted molar refractivity (Wildman–Crippen MR) is 111 cm³/mol. The zero-order valence-electron chi connectivity index (χ0n) is 17.3. The van der Waals surface area contributed by atoms with Gasteiger partial charge in [0.1, 0.15) is 6.61 Å². The van der Waals surface area contributed by atoms with E-state index in [9.17, 15) is 4.79 Å². The summed E-state index contributed by atoms with van der Waals surface area (Å²) < 4.78 is 22.5. The third kappa shape index (κ3) is 5.34. The van der Waals surface area contributed by atoms with Crippen molar-refractivity contribution >= 4 is 5.91 Å². The Bertz CT molecular complexity index is 817. The van der Waals surface area contributed by atoms with E-state index in [1.165, 1.54) is 12.8 Å². The SMILES string of the molecule is COc1ccccc1OCCN(C)C(=O)c1ccc(OC2CCCC2)c(OC)c1. The van der Waals surface area contributed by atoms with Gasteiger partial charge in [-0.2, -0.15) is 0 Å². The van der Waals surface area contributed by atoms with Crippen molar-refractivity contribution in [1.82, 2.24) is 4.90 Å². The molecule has 2 aromatic rings. The fourth-order valence-electron chi connectivity index (χ4n) is 3.44. The Kier molecular flexibility index (Phi) is 7.22. The first-order chi connectivity index (χ1) is 14.1. The number of amides is 1. The zero-order chi connectivity index (χ0) is 20.6. The van der Waals surface area contributed by atoms with Gasteiger partial charge in [-0.3, -0.25) is 4.79 Å². The Morgan fingerprint density at radius 2 is 1.66 bits per heavy atom. The van der Waals surface area contributed by atoms with E-state index in [1.54, 1.807) is 38.3 Å². The second-order valence-corrected chi connectivity index (χ2v) is 7.12. The van der Waals surface area contributed by atoms with Crippen LogP contribution >= 0.6 is 0 Å². The van der Waals surface area contributed by atoms with Gasteiger partial charge < -0.3 is 23.8 Å². The highest BCUT2D eigenvalue weighted by molar-refractivity contribution is 5.94. The Balaban J connectivity index is 1.58. The lowest BCUT2D eigenvalue weighted by molar-refractivity contribution is 0.0772. The van der Waals surface area contributed by atoms with Crippen molar-refractivity contribution in [3.63, 3.8) is 0 Å². The van der Waals surface area contributed by atoms with Gasteiger partial charge in [0.2, 0.25) is 0 Å². The number of rotatable bonds is 9. The largest absolute Gasteiger partial charge is 0.493 e. The summed E-state index contributed by atoms with van der Waals surface area (Å²) in [5, 5.41) is 0. The van der Waals surface area contributed by atoms with E-state index in [4.69, 9.17) is 18.9 Å². The fraction of sp³-hybridized carbons (Fsp3) is 0.435. The maximum absolute atomic E-state index is 12.8. The Morgan fingerprint density at radius 1 is 0.966 bits per heavy atom. The first-order valence-corrected chi connectivity index (χ1v) is 9.98. The van der Waals surface area contributed by atoms with Crippen molar-refractivity contribution in [2.24, 2.45) is 0 Å². The Hall–Kier alpha value is -2.89. The average Bonchev–Trinajstić information content (AvgIpc) is 3.27. The third-order valence-electron chi connectivity index (χ3n) is 5.11. The van der Waals surface area contributed by atoms with Crippen LogP contribution in [-0.4, -0.2) is 51.3 Å². The third-order valence-corrected chi connectivity index (χ3v) is 5.11. The number of carbonyl (C=O) groups is 1. The van der Waals surface area contributed by atoms with Crippen LogP contribution in [0.1, 0.15) is 36.0 Å². The second kappa shape index (κ2) is 10.0. The fourth-order valence-corrected chi connectivity index (χ4v) is 3.44. The van der Waals surface area contributed by atoms with Gasteiger partial charge in [-0.15, -0.1) is 0 Å². The van der Waals surface area contributed by atoms with Crippen LogP contribution in [-0.2, 0) is 0 Å². The van der Waals surface area contributed by atoms with E-state index in [1.807, 2.05) is 30.3 Å². The number of ether oxygens (including phenoxy) is 4. The van der Waals surface area contributed by atoms with Gasteiger partial charge in [-0.05, 0) is 56.0 Å². The van der Waals surface area contributed by atoms with Crippen LogP contribution in [0.2, 0.25) is 0 Å². The van der Waals surface area contributed by atoms with Crippen molar-refractivity contribution in [2.45, 2.75) is 31.8 Å². The molecule has 0 unspecified atom stereocenters. The first-order valence-electron chi connectivity index (χ1n) is 9.98. The number of benzene rings is 2. The molecule has 0 atom stereocenters. The van der Waals surface area contributed by atoms with Crippen LogP contribution in [0.4, 0.5) is 0 Å². The van der Waals surface area contributed by atoms with E-state index < -0.39 is 0 Å². The highest BCUT2D eigenvalue weighted by atomic mass is 16.5. The smallest absolute Gasteiger partial charge is 0.253 e. The van der Waals surface area contributed by atoms with E-state index in [0.29, 0.717) is 41.7 Å². The highest BCUT2D eigenvalue weighted by Gasteiger charge is 2.20. The lowest BCUT2D eigenvalue weighted by atomic mass is 10.1. The summed E-state index contributed by atoms with van der Waals surface area (Å²) in [4.78, 5) is 14.4. The number of nitrogens with zero attached hydrogens (tertiary/aromatic N) is 1. The molecule has 0 aromatic heterocycles. The molecule has 1 saturated carbocycles. The van der Waals surface area contributed by atoms with Crippen molar-refractivity contribution < 1.29 is 23.7 Å². The zero-order valence-corrected chi connectivity index (χ0v) is 17.3. The second-order valence-electron chi connectivity index (χ2n) is 7.12. The molecule has 2 aromatic carbocycles. The molecule has 1 amide bonds. The molecular weight excluding hydrogens is 370 g/mol. The van der Waals surface area contributed by atoms with Crippen LogP contribution in [0, 0.1) is 0 Å². The number of likely N-dealkylation sites (N-methyl/N-ethyl adjacent to an activating group) is 1. The van der Waals surface area contributed by atoms with Crippen LogP contribution in [0.15, 0.2) is 42.5 Å². The van der Waals surface area contributed by atoms with E-state index in [-0.39, 0.29) is 12.0 Å². The average molecular weight is 399 g/mol. The Morgan fingerprint density at radius 3 is 2.34 bits per heavy atom. The number of methoxy groups -OCH3 is 2. The molecule has 0 heterocycles. The molecule has 29 heavy (non-hydrogen) atoms. The van der Waals surface area contributed by atoms with Crippen molar-refractivity contribution in [1.29, 1.82) is 0 Å². The maximum Gasteiger partial charge on any atom is 0.253 e. The number of para-hydroxylation sites is 2. The molecular formula is C23H29NO5. The van der Waals surface area contributed by atoms with E-state index in [2.05, 4.69) is 0 Å². The molecule has 0 aliphatic heterocycles. The summed E-state index contributed by atoms with van der Waals surface area (Å²) in [5.41, 5.74) is 0.556. The molecule has 6 heteroatoms. The van der Waals surface area contributed by atoms with Crippen LogP contribution in [0.5, 0.6) is 23.0 Å². The molecule has 0 saturated heterocycles. The summed E-state index contributed by atoms with van der Waals surface area (Å²) in [5.74, 6) is 2.51. The van der Waals surface area contributed by atoms with Gasteiger partial charge in [-0.25, -0.2) is 0 Å². The molecule has 0 bridgehead atoms. The molecule has 6 nitrogen and oxygen atoms in total. The molecule has 1 aliphatic rings. The summed E-state index contributed by atoms with van der Waals surface area (Å²) in [6.07, 6.45) is 4.77. The normalized spacial score (nSPS) is 13.8. The molecule has 156 valence electrons. The monoisotopic (exact) mass is 399 g/mol. The van der Waals surface area contributed by atoms with Gasteiger partial charge in [0.25, 0.3) is 5.91 Å². The lowest BCUT2D eigenvalue weighted by Crippen LogP contribution is -2.31. The lowest BCUT2D eigenvalue weighted by Gasteiger charge is -2.20. The highest BCUT2D eigenvalue weighted by Crippen LogP contribution is 2.32. The van der Waals surface area contributed by atoms with Gasteiger partial charge in [-0.1, -0.05) is 12.1 Å². The van der Waals surface area contributed by atoms with Crippen LogP contribution < -0.4 is 18.9 Å². The summed E-state index contributed by atoms with van der Waals surface area (Å²) in [7, 11) is 4.95. The van der Waals surface area contributed by atoms with Crippen molar-refractivity contribution in [2.75, 3.05) is 34.4 Å². The van der Waals surface area contributed by atoms with Crippen LogP contribution in [0.3, 0.4) is 0 Å². The minimum Gasteiger partial charge on any atom is -0.493 e. The number of hydrogen-bond acceptors (Lipinski definition) is 5. The Labute approximate surface area is 172 Å². The standard InChI is InChI=1S/C23H29NO5/c1-24(14-15-28-20-11-7-6-10-19(20)26-2)23(25)17-12-13-21(22(16-17)27-3)29-18-8-4-5-9-18/h6-7,10-13,16,18H,4-5,8-9,14-15H2,1-3H3. The summed E-state index contributed by atoms with van der Waals surface area (Å²) >= 11 is 0. The number of hydrogen-bond donors (Lipinski definition) is 0. The number of carbonyl (C=O) groups excluding carboxylic acids is 1. The first kappa shape index (κ1) is 20.8. The minimum atomic E-state index is -0.0978. The molecule has 0 N–H and O–H groups in total. The minimum absolute atomic E-state index is 0.0978. The molecule has 1 aliphatic carbocycles. The van der Waals surface area contributed by atoms with E-state index >= 15 is 0 Å². The quantitative estimate of drug-likeness (QED) is 0.633. The summed E-state index contributed by atoms with van der Waals surface area (Å²) in [6, 6.07) is 12.8. The van der Waals surface area contributed by atoms with Crippen LogP contribution in [0.25, 0.3) is 0 Å². The molecule has 0 radical (unpaired) electrons. The van der Waals surface area contributed by atoms with Gasteiger partial charge >= 0.3 is 0 Å².